The summed E-state index contributed by atoms with van der Waals surface area (Å²) in [5.74, 6) is -0.0875. The van der Waals surface area contributed by atoms with Gasteiger partial charge in [0.25, 0.3) is 0 Å². The van der Waals surface area contributed by atoms with E-state index in [1.807, 2.05) is 18.2 Å². The summed E-state index contributed by atoms with van der Waals surface area (Å²) < 4.78 is 55.0. The van der Waals surface area contributed by atoms with Crippen molar-refractivity contribution in [3.63, 3.8) is 0 Å². The van der Waals surface area contributed by atoms with E-state index in [1.165, 1.54) is 12.4 Å². The van der Waals surface area contributed by atoms with E-state index in [4.69, 9.17) is 11.6 Å². The third-order valence-electron chi connectivity index (χ3n) is 2.87. The molecule has 0 atom stereocenters. The van der Waals surface area contributed by atoms with Gasteiger partial charge in [-0.25, -0.2) is 8.42 Å². The van der Waals surface area contributed by atoms with Gasteiger partial charge in [-0.05, 0) is 5.56 Å². The summed E-state index contributed by atoms with van der Waals surface area (Å²) in [4.78, 5) is 4.07. The molecule has 0 aliphatic heterocycles. The van der Waals surface area contributed by atoms with E-state index in [0.29, 0.717) is 16.1 Å². The van der Waals surface area contributed by atoms with Gasteiger partial charge in [-0.15, -0.1) is 11.5 Å². The van der Waals surface area contributed by atoms with Gasteiger partial charge >= 0.3 is 58.9 Å². The van der Waals surface area contributed by atoms with E-state index < -0.39 is 17.6 Å². The molecular weight excluding hydrogens is 403 g/mol. The summed E-state index contributed by atoms with van der Waals surface area (Å²) >= 11 is 5.83. The second kappa shape index (κ2) is 10.1. The molecule has 4 nitrogen and oxygen atoms in total. The molecule has 126 valence electrons. The van der Waals surface area contributed by atoms with Crippen LogP contribution in [0.4, 0.5) is 12.9 Å². The van der Waals surface area contributed by atoms with E-state index >= 15 is 0 Å². The van der Waals surface area contributed by atoms with Crippen LogP contribution in [0.3, 0.4) is 0 Å². The Bertz CT molecular complexity index is 923. The summed E-state index contributed by atoms with van der Waals surface area (Å²) in [5.41, 5.74) is 1.06. The summed E-state index contributed by atoms with van der Waals surface area (Å²) in [6.45, 7) is 0. The smallest absolute Gasteiger partial charge is 0.302 e. The van der Waals surface area contributed by atoms with Crippen molar-refractivity contribution in [3.05, 3.63) is 65.4 Å². The van der Waals surface area contributed by atoms with Crippen LogP contribution in [0.5, 0.6) is 0 Å². The standard InChI is InChI=1S/C14H10ClN2O2S.BF3.K/c15-13-8-12-6-7-17(14(12)16-9-13)20(18,19)10-11-4-2-1-3-5-11;2-1(3)4;/h1-5,7-9H,10H2;;/q-1;;+1. The summed E-state index contributed by atoms with van der Waals surface area (Å²) in [6, 6.07) is 13.5. The molecule has 0 saturated heterocycles. The maximum Gasteiger partial charge on any atom is 1.00 e. The second-order valence-electron chi connectivity index (χ2n) is 4.58. The van der Waals surface area contributed by atoms with Gasteiger partial charge in [0.05, 0.1) is 5.75 Å². The molecule has 0 amide bonds. The van der Waals surface area contributed by atoms with Crippen LogP contribution in [0.2, 0.25) is 5.02 Å². The number of rotatable bonds is 3. The molecule has 0 radical (unpaired) electrons. The average Bonchev–Trinajstić information content (AvgIpc) is 2.91. The number of hydrogen-bond acceptors (Lipinski definition) is 3. The van der Waals surface area contributed by atoms with Crippen molar-refractivity contribution in [2.24, 2.45) is 0 Å². The normalized spacial score (nSPS) is 10.6. The van der Waals surface area contributed by atoms with Crippen molar-refractivity contribution in [2.45, 2.75) is 5.75 Å². The fraction of sp³-hybridized carbons (Fsp3) is 0.0714. The molecule has 0 aliphatic rings. The Morgan fingerprint density at radius 3 is 2.40 bits per heavy atom. The summed E-state index contributed by atoms with van der Waals surface area (Å²) in [7, 11) is -7.20. The molecule has 0 saturated carbocycles. The van der Waals surface area contributed by atoms with Gasteiger partial charge in [0, 0.05) is 16.9 Å². The average molecular weight is 413 g/mol. The SMILES string of the molecule is FB(F)F.O=S(=O)(Cc1ccccc1)n1c[c-]c2cc(Cl)cnc21.[K+]. The zero-order valence-corrected chi connectivity index (χ0v) is 17.7. The Balaban J connectivity index is 0.000000568. The quantitative estimate of drug-likeness (QED) is 0.471. The first-order valence-corrected chi connectivity index (χ1v) is 8.52. The predicted molar refractivity (Wildman–Crippen MR) is 87.1 cm³/mol. The zero-order valence-electron chi connectivity index (χ0n) is 13.0. The van der Waals surface area contributed by atoms with Crippen LogP contribution in [0, 0.1) is 6.07 Å². The molecule has 0 aliphatic carbocycles. The summed E-state index contributed by atoms with van der Waals surface area (Å²) in [6.07, 6.45) is 2.80. The van der Waals surface area contributed by atoms with Gasteiger partial charge in [0.1, 0.15) is 0 Å². The minimum Gasteiger partial charge on any atom is -0.302 e. The molecule has 25 heavy (non-hydrogen) atoms. The molecule has 0 fully saturated rings. The number of pyridine rings is 1. The van der Waals surface area contributed by atoms with E-state index in [0.717, 1.165) is 9.54 Å². The summed E-state index contributed by atoms with van der Waals surface area (Å²) in [5, 5.41) is 1.03. The fourth-order valence-corrected chi connectivity index (χ4v) is 3.50. The minimum atomic E-state index is -3.67. The Hall–Kier alpha value is -0.359. The minimum absolute atomic E-state index is 0. The van der Waals surface area contributed by atoms with Crippen LogP contribution in [-0.4, -0.2) is 24.9 Å². The number of benzene rings is 1. The topological polar surface area (TPSA) is 52.0 Å². The molecule has 0 spiro atoms. The van der Waals surface area contributed by atoms with Crippen LogP contribution < -0.4 is 51.4 Å². The van der Waals surface area contributed by atoms with E-state index in [1.54, 1.807) is 18.2 Å². The molecule has 1 aromatic carbocycles. The molecule has 0 N–H and O–H groups in total. The molecular formula is C14H10BClF3KN2O2S. The predicted octanol–water partition coefficient (Wildman–Crippen LogP) is 0.752. The number of halogens is 4. The Morgan fingerprint density at radius 2 is 1.80 bits per heavy atom. The van der Waals surface area contributed by atoms with Gasteiger partial charge in [-0.1, -0.05) is 48.1 Å². The van der Waals surface area contributed by atoms with Crippen molar-refractivity contribution < 1.29 is 72.7 Å². The van der Waals surface area contributed by atoms with E-state index in [9.17, 15) is 21.4 Å². The van der Waals surface area contributed by atoms with Crippen LogP contribution in [-0.2, 0) is 15.8 Å². The fourth-order valence-electron chi connectivity index (χ4n) is 1.97. The number of fused-ring (bicyclic) bond motifs is 1. The van der Waals surface area contributed by atoms with Gasteiger partial charge in [0.15, 0.2) is 0 Å². The number of aromatic nitrogens is 2. The van der Waals surface area contributed by atoms with Crippen LogP contribution in [0.1, 0.15) is 5.56 Å². The molecule has 2 heterocycles. The van der Waals surface area contributed by atoms with Crippen molar-refractivity contribution in [2.75, 3.05) is 0 Å². The van der Waals surface area contributed by atoms with Gasteiger partial charge in [-0.2, -0.15) is 6.07 Å². The maximum absolute atomic E-state index is 12.4. The first-order chi connectivity index (χ1) is 11.3. The van der Waals surface area contributed by atoms with Gasteiger partial charge in [0.2, 0.25) is 10.0 Å². The molecule has 0 bridgehead atoms. The third kappa shape index (κ3) is 6.70. The Labute approximate surface area is 191 Å². The Kier molecular flexibility index (Phi) is 9.16. The van der Waals surface area contributed by atoms with E-state index in [2.05, 4.69) is 11.1 Å². The van der Waals surface area contributed by atoms with Crippen LogP contribution in [0.15, 0.2) is 48.8 Å². The maximum atomic E-state index is 12.4. The number of nitrogens with zero attached hydrogens (tertiary/aromatic N) is 2. The first kappa shape index (κ1) is 22.7. The van der Waals surface area contributed by atoms with E-state index in [-0.39, 0.29) is 57.1 Å². The first-order valence-electron chi connectivity index (χ1n) is 6.53. The van der Waals surface area contributed by atoms with Crippen LogP contribution in [0.25, 0.3) is 11.0 Å². The third-order valence-corrected chi connectivity index (χ3v) is 4.65. The Morgan fingerprint density at radius 1 is 1.20 bits per heavy atom. The number of hydrogen-bond donors (Lipinski definition) is 0. The molecule has 11 heteroatoms. The van der Waals surface area contributed by atoms with Crippen molar-refractivity contribution in [3.8, 4) is 0 Å². The molecule has 3 aromatic rings. The molecule has 0 unspecified atom stereocenters. The van der Waals surface area contributed by atoms with Gasteiger partial charge < -0.3 is 4.98 Å². The molecule has 2 aromatic heterocycles. The van der Waals surface area contributed by atoms with Crippen molar-refractivity contribution in [1.82, 2.24) is 8.96 Å². The van der Waals surface area contributed by atoms with Crippen LogP contribution >= 0.6 is 11.6 Å². The monoisotopic (exact) mass is 412 g/mol. The molecule has 3 rings (SSSR count). The second-order valence-corrected chi connectivity index (χ2v) is 6.87. The van der Waals surface area contributed by atoms with Gasteiger partial charge in [-0.3, -0.25) is 16.9 Å². The van der Waals surface area contributed by atoms with Crippen molar-refractivity contribution >= 4 is 40.2 Å². The zero-order chi connectivity index (χ0) is 17.7. The largest absolute Gasteiger partial charge is 1.00 e. The van der Waals surface area contributed by atoms with Crippen molar-refractivity contribution in [1.29, 1.82) is 0 Å².